The molecule has 0 amide bonds. The molecule has 0 bridgehead atoms. The first-order chi connectivity index (χ1) is 8.20. The molecule has 2 nitrogen and oxygen atoms in total. The lowest BCUT2D eigenvalue weighted by molar-refractivity contribution is 0.424. The third-order valence-corrected chi connectivity index (χ3v) is 4.05. The molecule has 1 aliphatic rings. The Kier molecular flexibility index (Phi) is 4.71. The van der Waals surface area contributed by atoms with Gasteiger partial charge in [0, 0.05) is 23.6 Å². The summed E-state index contributed by atoms with van der Waals surface area (Å²) in [5, 5.41) is 4.36. The van der Waals surface area contributed by atoms with Crippen LogP contribution in [0.15, 0.2) is 22.7 Å². The molecular formula is C13H18BrClN2. The highest BCUT2D eigenvalue weighted by molar-refractivity contribution is 9.10. The molecule has 1 fully saturated rings. The van der Waals surface area contributed by atoms with Crippen LogP contribution in [0.4, 0.5) is 5.69 Å². The number of hydrogen-bond acceptors (Lipinski definition) is 2. The normalized spacial score (nSPS) is 17.5. The van der Waals surface area contributed by atoms with Crippen molar-refractivity contribution in [1.29, 1.82) is 0 Å². The quantitative estimate of drug-likeness (QED) is 0.915. The van der Waals surface area contributed by atoms with Crippen LogP contribution in [0, 0.1) is 0 Å². The summed E-state index contributed by atoms with van der Waals surface area (Å²) < 4.78 is 1.09. The van der Waals surface area contributed by atoms with Crippen molar-refractivity contribution >= 4 is 33.2 Å². The van der Waals surface area contributed by atoms with Crippen molar-refractivity contribution in [1.82, 2.24) is 5.32 Å². The van der Waals surface area contributed by atoms with E-state index in [1.165, 1.54) is 12.8 Å². The van der Waals surface area contributed by atoms with Crippen molar-refractivity contribution < 1.29 is 0 Å². The fourth-order valence-corrected chi connectivity index (χ4v) is 2.93. The van der Waals surface area contributed by atoms with Gasteiger partial charge in [0.15, 0.2) is 0 Å². The van der Waals surface area contributed by atoms with Crippen molar-refractivity contribution in [2.75, 3.05) is 24.5 Å². The van der Waals surface area contributed by atoms with E-state index >= 15 is 0 Å². The second-order valence-electron chi connectivity index (χ2n) is 4.41. The molecule has 0 aromatic heterocycles. The molecular weight excluding hydrogens is 300 g/mol. The van der Waals surface area contributed by atoms with Gasteiger partial charge in [0.1, 0.15) is 0 Å². The summed E-state index contributed by atoms with van der Waals surface area (Å²) in [4.78, 5) is 2.38. The SMILES string of the molecule is CCNC1CCN(c2cc(Br)ccc2Cl)CC1. The molecule has 1 aromatic rings. The van der Waals surface area contributed by atoms with E-state index in [0.29, 0.717) is 6.04 Å². The Balaban J connectivity index is 2.02. The molecule has 1 N–H and O–H groups in total. The fraction of sp³-hybridized carbons (Fsp3) is 0.538. The van der Waals surface area contributed by atoms with Gasteiger partial charge in [0.25, 0.3) is 0 Å². The van der Waals surface area contributed by atoms with Gasteiger partial charge in [-0.2, -0.15) is 0 Å². The number of piperidine rings is 1. The minimum atomic E-state index is 0.669. The van der Waals surface area contributed by atoms with Gasteiger partial charge in [-0.05, 0) is 37.6 Å². The average molecular weight is 318 g/mol. The van der Waals surface area contributed by atoms with Crippen molar-refractivity contribution in [3.8, 4) is 0 Å². The van der Waals surface area contributed by atoms with Gasteiger partial charge in [-0.1, -0.05) is 34.5 Å². The minimum absolute atomic E-state index is 0.669. The number of hydrogen-bond donors (Lipinski definition) is 1. The van der Waals surface area contributed by atoms with E-state index in [4.69, 9.17) is 11.6 Å². The Morgan fingerprint density at radius 2 is 2.12 bits per heavy atom. The van der Waals surface area contributed by atoms with E-state index in [-0.39, 0.29) is 0 Å². The van der Waals surface area contributed by atoms with Crippen LogP contribution in [-0.4, -0.2) is 25.7 Å². The monoisotopic (exact) mass is 316 g/mol. The minimum Gasteiger partial charge on any atom is -0.370 e. The summed E-state index contributed by atoms with van der Waals surface area (Å²) in [7, 11) is 0. The number of rotatable bonds is 3. The molecule has 17 heavy (non-hydrogen) atoms. The zero-order valence-corrected chi connectivity index (χ0v) is 12.4. The zero-order chi connectivity index (χ0) is 12.3. The molecule has 1 aromatic carbocycles. The van der Waals surface area contributed by atoms with E-state index in [1.807, 2.05) is 12.1 Å². The van der Waals surface area contributed by atoms with Crippen LogP contribution < -0.4 is 10.2 Å². The third kappa shape index (κ3) is 3.36. The van der Waals surface area contributed by atoms with E-state index in [0.717, 1.165) is 34.8 Å². The van der Waals surface area contributed by atoms with Crippen LogP contribution >= 0.6 is 27.5 Å². The molecule has 0 aliphatic carbocycles. The largest absolute Gasteiger partial charge is 0.370 e. The van der Waals surface area contributed by atoms with Crippen molar-refractivity contribution in [3.63, 3.8) is 0 Å². The number of anilines is 1. The summed E-state index contributed by atoms with van der Waals surface area (Å²) >= 11 is 9.75. The molecule has 0 saturated carbocycles. The Labute approximate surface area is 116 Å². The van der Waals surface area contributed by atoms with E-state index < -0.39 is 0 Å². The molecule has 1 aliphatic heterocycles. The van der Waals surface area contributed by atoms with Gasteiger partial charge >= 0.3 is 0 Å². The van der Waals surface area contributed by atoms with Crippen LogP contribution in [0.5, 0.6) is 0 Å². The lowest BCUT2D eigenvalue weighted by atomic mass is 10.0. The Hall–Kier alpha value is -0.250. The summed E-state index contributed by atoms with van der Waals surface area (Å²) in [6.45, 7) is 5.38. The number of halogens is 2. The molecule has 0 unspecified atom stereocenters. The van der Waals surface area contributed by atoms with Crippen molar-refractivity contribution in [2.24, 2.45) is 0 Å². The standard InChI is InChI=1S/C13H18BrClN2/c1-2-16-11-5-7-17(8-6-11)13-9-10(14)3-4-12(13)15/h3-4,9,11,16H,2,5-8H2,1H3. The van der Waals surface area contributed by atoms with Crippen molar-refractivity contribution in [2.45, 2.75) is 25.8 Å². The van der Waals surface area contributed by atoms with Gasteiger partial charge < -0.3 is 10.2 Å². The fourth-order valence-electron chi connectivity index (χ4n) is 2.34. The smallest absolute Gasteiger partial charge is 0.0640 e. The first-order valence-corrected chi connectivity index (χ1v) is 7.31. The lowest BCUT2D eigenvalue weighted by Gasteiger charge is -2.34. The predicted molar refractivity (Wildman–Crippen MR) is 78.1 cm³/mol. The summed E-state index contributed by atoms with van der Waals surface area (Å²) in [6, 6.07) is 6.71. The Morgan fingerprint density at radius 1 is 1.41 bits per heavy atom. The first kappa shape index (κ1) is 13.2. The van der Waals surface area contributed by atoms with Crippen LogP contribution in [-0.2, 0) is 0 Å². The molecule has 0 spiro atoms. The Bertz CT molecular complexity index is 376. The highest BCUT2D eigenvalue weighted by Crippen LogP contribution is 2.31. The number of nitrogens with zero attached hydrogens (tertiary/aromatic N) is 1. The van der Waals surface area contributed by atoms with Crippen LogP contribution in [0.2, 0.25) is 5.02 Å². The van der Waals surface area contributed by atoms with Crippen molar-refractivity contribution in [3.05, 3.63) is 27.7 Å². The highest BCUT2D eigenvalue weighted by Gasteiger charge is 2.20. The topological polar surface area (TPSA) is 15.3 Å². The van der Waals surface area contributed by atoms with E-state index in [1.54, 1.807) is 0 Å². The molecule has 0 atom stereocenters. The molecule has 1 heterocycles. The Morgan fingerprint density at radius 3 is 2.76 bits per heavy atom. The average Bonchev–Trinajstić information content (AvgIpc) is 2.34. The van der Waals surface area contributed by atoms with Crippen LogP contribution in [0.3, 0.4) is 0 Å². The maximum absolute atomic E-state index is 6.25. The van der Waals surface area contributed by atoms with Gasteiger partial charge in [0.05, 0.1) is 10.7 Å². The van der Waals surface area contributed by atoms with E-state index in [2.05, 4.69) is 39.1 Å². The molecule has 94 valence electrons. The summed E-state index contributed by atoms with van der Waals surface area (Å²) in [5.41, 5.74) is 1.15. The molecule has 4 heteroatoms. The first-order valence-electron chi connectivity index (χ1n) is 6.14. The van der Waals surface area contributed by atoms with Gasteiger partial charge in [0.2, 0.25) is 0 Å². The zero-order valence-electron chi connectivity index (χ0n) is 10.0. The van der Waals surface area contributed by atoms with Gasteiger partial charge in [-0.25, -0.2) is 0 Å². The lowest BCUT2D eigenvalue weighted by Crippen LogP contribution is -2.42. The number of nitrogens with one attached hydrogen (secondary N) is 1. The predicted octanol–water partition coefficient (Wildman–Crippen LogP) is 3.68. The highest BCUT2D eigenvalue weighted by atomic mass is 79.9. The molecule has 0 radical (unpaired) electrons. The summed E-state index contributed by atoms with van der Waals surface area (Å²) in [6.07, 6.45) is 2.38. The van der Waals surface area contributed by atoms with Crippen LogP contribution in [0.1, 0.15) is 19.8 Å². The second-order valence-corrected chi connectivity index (χ2v) is 5.74. The van der Waals surface area contributed by atoms with E-state index in [9.17, 15) is 0 Å². The molecule has 1 saturated heterocycles. The third-order valence-electron chi connectivity index (χ3n) is 3.24. The van der Waals surface area contributed by atoms with Gasteiger partial charge in [-0.15, -0.1) is 0 Å². The molecule has 2 rings (SSSR count). The second kappa shape index (κ2) is 6.07. The van der Waals surface area contributed by atoms with Gasteiger partial charge in [-0.3, -0.25) is 0 Å². The summed E-state index contributed by atoms with van der Waals surface area (Å²) in [5.74, 6) is 0. The maximum atomic E-state index is 6.25. The maximum Gasteiger partial charge on any atom is 0.0640 e. The number of benzene rings is 1. The van der Waals surface area contributed by atoms with Crippen LogP contribution in [0.25, 0.3) is 0 Å².